The topological polar surface area (TPSA) is 42.4 Å². The van der Waals surface area contributed by atoms with E-state index in [0.29, 0.717) is 11.8 Å². The Morgan fingerprint density at radius 3 is 2.43 bits per heavy atom. The lowest BCUT2D eigenvalue weighted by molar-refractivity contribution is -0.0536. The molecule has 3 nitrogen and oxygen atoms in total. The van der Waals surface area contributed by atoms with Crippen molar-refractivity contribution in [3.63, 3.8) is 0 Å². The highest BCUT2D eigenvalue weighted by atomic mass is 32.1. The van der Waals surface area contributed by atoms with Gasteiger partial charge in [-0.1, -0.05) is 58.5 Å². The van der Waals surface area contributed by atoms with Crippen LogP contribution in [0.4, 0.5) is 0 Å². The smallest absolute Gasteiger partial charge is 0.226 e. The molecule has 0 fully saturated rings. The summed E-state index contributed by atoms with van der Waals surface area (Å²) in [6.07, 6.45) is 1.24. The lowest BCUT2D eigenvalue weighted by atomic mass is 9.92. The fourth-order valence-corrected chi connectivity index (χ4v) is 3.57. The minimum Gasteiger partial charge on any atom is -0.469 e. The molecule has 1 heterocycles. The van der Waals surface area contributed by atoms with Crippen molar-refractivity contribution in [1.29, 1.82) is 0 Å². The van der Waals surface area contributed by atoms with Crippen LogP contribution in [0.5, 0.6) is 0 Å². The zero-order valence-electron chi connectivity index (χ0n) is 14.2. The molecule has 0 aliphatic carbocycles. The van der Waals surface area contributed by atoms with Gasteiger partial charge in [0.15, 0.2) is 0 Å². The van der Waals surface area contributed by atoms with Gasteiger partial charge in [-0.2, -0.15) is 4.37 Å². The van der Waals surface area contributed by atoms with Crippen LogP contribution in [0, 0.1) is 5.92 Å². The second-order valence-corrected chi connectivity index (χ2v) is 6.85. The number of hydrogen-bond acceptors (Lipinski definition) is 4. The van der Waals surface area contributed by atoms with E-state index >= 15 is 0 Å². The van der Waals surface area contributed by atoms with Crippen molar-refractivity contribution in [3.8, 4) is 11.3 Å². The molecule has 1 N–H and O–H groups in total. The molecule has 0 aliphatic rings. The first kappa shape index (κ1) is 17.7. The van der Waals surface area contributed by atoms with Gasteiger partial charge >= 0.3 is 0 Å². The van der Waals surface area contributed by atoms with Gasteiger partial charge in [0.2, 0.25) is 6.29 Å². The summed E-state index contributed by atoms with van der Waals surface area (Å²) >= 11 is 1.45. The van der Waals surface area contributed by atoms with Crippen molar-refractivity contribution in [2.75, 3.05) is 0 Å². The number of ether oxygens (including phenoxy) is 1. The molecule has 0 spiro atoms. The highest BCUT2D eigenvalue weighted by molar-refractivity contribution is 7.06. The normalized spacial score (nSPS) is 13.8. The minimum absolute atomic E-state index is 0.300. The van der Waals surface area contributed by atoms with Crippen LogP contribution in [0.2, 0.25) is 0 Å². The molecule has 0 saturated heterocycles. The fourth-order valence-electron chi connectivity index (χ4n) is 2.45. The van der Waals surface area contributed by atoms with Gasteiger partial charge in [-0.25, -0.2) is 0 Å². The summed E-state index contributed by atoms with van der Waals surface area (Å²) < 4.78 is 9.87. The minimum atomic E-state index is -1.04. The van der Waals surface area contributed by atoms with Crippen LogP contribution in [0.15, 0.2) is 37.1 Å². The summed E-state index contributed by atoms with van der Waals surface area (Å²) in [7, 11) is 0. The Kier molecular flexibility index (Phi) is 5.97. The molecule has 4 heteroatoms. The first-order valence-corrected chi connectivity index (χ1v) is 8.80. The molecule has 1 aromatic carbocycles. The van der Waals surface area contributed by atoms with Gasteiger partial charge in [-0.3, -0.25) is 0 Å². The summed E-state index contributed by atoms with van der Waals surface area (Å²) in [5.41, 5.74) is 3.85. The molecule has 0 amide bonds. The van der Waals surface area contributed by atoms with E-state index in [1.807, 2.05) is 0 Å². The van der Waals surface area contributed by atoms with Gasteiger partial charge in [0, 0.05) is 10.4 Å². The highest BCUT2D eigenvalue weighted by Crippen LogP contribution is 2.40. The Labute approximate surface area is 142 Å². The van der Waals surface area contributed by atoms with Gasteiger partial charge in [-0.05, 0) is 35.4 Å². The molecule has 2 atom stereocenters. The number of aryl methyl sites for hydroxylation is 1. The zero-order valence-corrected chi connectivity index (χ0v) is 15.1. The summed E-state index contributed by atoms with van der Waals surface area (Å²) in [5.74, 6) is 0.759. The third-order valence-electron chi connectivity index (χ3n) is 4.28. The molecule has 2 aromatic rings. The molecule has 0 bridgehead atoms. The number of aliphatic hydroxyl groups excluding tert-OH is 1. The van der Waals surface area contributed by atoms with Crippen LogP contribution in [0.1, 0.15) is 55.9 Å². The Morgan fingerprint density at radius 2 is 1.91 bits per heavy atom. The average Bonchev–Trinajstić information content (AvgIpc) is 2.99. The standard InChI is InChI=1S/C19H25NO2S/c1-6-14-8-10-15(11-9-14)17-16(19(21)22-7-2)18(23-20-17)13(5)12(3)4/h7-13,19,21H,2,6H2,1,3-5H3. The monoisotopic (exact) mass is 331 g/mol. The van der Waals surface area contributed by atoms with Crippen molar-refractivity contribution in [3.05, 3.63) is 53.1 Å². The lowest BCUT2D eigenvalue weighted by Gasteiger charge is -2.19. The Hall–Kier alpha value is -1.65. The van der Waals surface area contributed by atoms with E-state index in [4.69, 9.17) is 4.74 Å². The summed E-state index contributed by atoms with van der Waals surface area (Å²) in [5, 5.41) is 10.4. The van der Waals surface area contributed by atoms with Gasteiger partial charge < -0.3 is 9.84 Å². The van der Waals surface area contributed by atoms with Crippen molar-refractivity contribution >= 4 is 11.5 Å². The Balaban J connectivity index is 2.51. The van der Waals surface area contributed by atoms with Crippen molar-refractivity contribution in [1.82, 2.24) is 4.37 Å². The number of aliphatic hydroxyl groups is 1. The predicted molar refractivity (Wildman–Crippen MR) is 96.4 cm³/mol. The summed E-state index contributed by atoms with van der Waals surface area (Å²) in [4.78, 5) is 1.07. The number of aromatic nitrogens is 1. The molecule has 2 rings (SSSR count). The van der Waals surface area contributed by atoms with E-state index in [1.54, 1.807) is 0 Å². The second kappa shape index (κ2) is 7.75. The van der Waals surface area contributed by atoms with E-state index in [2.05, 4.69) is 62.9 Å². The summed E-state index contributed by atoms with van der Waals surface area (Å²) in [6.45, 7) is 12.2. The molecule has 23 heavy (non-hydrogen) atoms. The first-order chi connectivity index (χ1) is 11.0. The molecule has 0 saturated carbocycles. The maximum absolute atomic E-state index is 10.4. The maximum atomic E-state index is 10.4. The number of nitrogens with zero attached hydrogens (tertiary/aromatic N) is 1. The van der Waals surface area contributed by atoms with E-state index in [-0.39, 0.29) is 0 Å². The number of benzene rings is 1. The van der Waals surface area contributed by atoms with E-state index in [9.17, 15) is 5.11 Å². The second-order valence-electron chi connectivity index (χ2n) is 6.05. The molecule has 0 radical (unpaired) electrons. The predicted octanol–water partition coefficient (Wildman–Crippen LogP) is 5.28. The molecular formula is C19H25NO2S. The van der Waals surface area contributed by atoms with Gasteiger partial charge in [0.05, 0.1) is 17.5 Å². The highest BCUT2D eigenvalue weighted by Gasteiger charge is 2.27. The summed E-state index contributed by atoms with van der Waals surface area (Å²) in [6, 6.07) is 8.32. The zero-order chi connectivity index (χ0) is 17.0. The molecule has 0 aliphatic heterocycles. The molecule has 2 unspecified atom stereocenters. The quantitative estimate of drug-likeness (QED) is 0.554. The van der Waals surface area contributed by atoms with Crippen LogP contribution in [-0.2, 0) is 11.2 Å². The number of rotatable bonds is 7. The SMILES string of the molecule is C=COC(O)c1c(-c2ccc(CC)cc2)nsc1C(C)C(C)C. The lowest BCUT2D eigenvalue weighted by Crippen LogP contribution is -2.08. The molecular weight excluding hydrogens is 306 g/mol. The molecule has 124 valence electrons. The van der Waals surface area contributed by atoms with Crippen LogP contribution >= 0.6 is 11.5 Å². The van der Waals surface area contributed by atoms with Gasteiger partial charge in [0.25, 0.3) is 0 Å². The Morgan fingerprint density at radius 1 is 1.26 bits per heavy atom. The maximum Gasteiger partial charge on any atom is 0.226 e. The van der Waals surface area contributed by atoms with Gasteiger partial charge in [0.1, 0.15) is 0 Å². The number of hydrogen-bond donors (Lipinski definition) is 1. The van der Waals surface area contributed by atoms with E-state index in [1.165, 1.54) is 23.4 Å². The van der Waals surface area contributed by atoms with Crippen LogP contribution in [0.25, 0.3) is 11.3 Å². The average molecular weight is 331 g/mol. The van der Waals surface area contributed by atoms with Crippen molar-refractivity contribution in [2.24, 2.45) is 5.92 Å². The Bertz CT molecular complexity index is 646. The third kappa shape index (κ3) is 3.82. The van der Waals surface area contributed by atoms with Crippen molar-refractivity contribution < 1.29 is 9.84 Å². The van der Waals surface area contributed by atoms with Gasteiger partial charge in [-0.15, -0.1) is 0 Å². The largest absolute Gasteiger partial charge is 0.469 e. The van der Waals surface area contributed by atoms with Crippen LogP contribution in [-0.4, -0.2) is 9.48 Å². The van der Waals surface area contributed by atoms with E-state index < -0.39 is 6.29 Å². The van der Waals surface area contributed by atoms with Crippen molar-refractivity contribution in [2.45, 2.75) is 46.3 Å². The first-order valence-electron chi connectivity index (χ1n) is 8.02. The fraction of sp³-hybridized carbons (Fsp3) is 0.421. The third-order valence-corrected chi connectivity index (χ3v) is 5.34. The van der Waals surface area contributed by atoms with Crippen LogP contribution < -0.4 is 0 Å². The van der Waals surface area contributed by atoms with E-state index in [0.717, 1.165) is 28.1 Å². The molecule has 1 aromatic heterocycles. The van der Waals surface area contributed by atoms with Crippen LogP contribution in [0.3, 0.4) is 0 Å².